The van der Waals surface area contributed by atoms with Crippen molar-refractivity contribution in [3.05, 3.63) is 35.4 Å². The summed E-state index contributed by atoms with van der Waals surface area (Å²) in [5.74, 6) is 0.975. The molecule has 1 atom stereocenters. The van der Waals surface area contributed by atoms with Crippen LogP contribution in [0.2, 0.25) is 0 Å². The maximum Gasteiger partial charge on any atom is 0.220 e. The first-order valence-corrected chi connectivity index (χ1v) is 9.36. The molecule has 2 rings (SSSR count). The first-order valence-electron chi connectivity index (χ1n) is 9.36. The summed E-state index contributed by atoms with van der Waals surface area (Å²) in [6.45, 7) is 12.8. The van der Waals surface area contributed by atoms with E-state index in [1.807, 2.05) is 0 Å². The second-order valence-corrected chi connectivity index (χ2v) is 7.22. The lowest BCUT2D eigenvalue weighted by molar-refractivity contribution is -0.121. The molecule has 0 bridgehead atoms. The summed E-state index contributed by atoms with van der Waals surface area (Å²) < 4.78 is 0. The molecule has 1 aliphatic heterocycles. The highest BCUT2D eigenvalue weighted by Gasteiger charge is 2.12. The van der Waals surface area contributed by atoms with E-state index in [-0.39, 0.29) is 11.8 Å². The number of benzene rings is 1. The Hall–Kier alpha value is -1.39. The third-order valence-corrected chi connectivity index (χ3v) is 4.85. The molecular weight excluding hydrogens is 298 g/mol. The molecule has 4 heteroatoms. The van der Waals surface area contributed by atoms with Crippen LogP contribution in [-0.2, 0) is 4.79 Å². The van der Waals surface area contributed by atoms with E-state index in [1.165, 1.54) is 11.1 Å². The van der Waals surface area contributed by atoms with Gasteiger partial charge in [-0.2, -0.15) is 0 Å². The Labute approximate surface area is 147 Å². The number of nitrogens with zero attached hydrogens (tertiary/aromatic N) is 1. The molecule has 4 nitrogen and oxygen atoms in total. The Morgan fingerprint density at radius 1 is 1.12 bits per heavy atom. The smallest absolute Gasteiger partial charge is 0.220 e. The average molecular weight is 332 g/mol. The van der Waals surface area contributed by atoms with Gasteiger partial charge in [0.1, 0.15) is 0 Å². The van der Waals surface area contributed by atoms with Crippen molar-refractivity contribution in [2.45, 2.75) is 45.4 Å². The summed E-state index contributed by atoms with van der Waals surface area (Å²) in [7, 11) is 0. The summed E-state index contributed by atoms with van der Waals surface area (Å²) in [5, 5.41) is 6.43. The van der Waals surface area contributed by atoms with Gasteiger partial charge in [0.25, 0.3) is 0 Å². The number of carbonyl (C=O) groups excluding carboxylic acids is 1. The number of amides is 1. The Balaban J connectivity index is 1.65. The normalized spacial score (nSPS) is 17.0. The summed E-state index contributed by atoms with van der Waals surface area (Å²) in [6, 6.07) is 8.69. The number of hydrogen-bond acceptors (Lipinski definition) is 3. The zero-order valence-electron chi connectivity index (χ0n) is 15.5. The zero-order chi connectivity index (χ0) is 17.4. The Morgan fingerprint density at radius 3 is 2.38 bits per heavy atom. The third kappa shape index (κ3) is 6.25. The van der Waals surface area contributed by atoms with E-state index in [1.54, 1.807) is 0 Å². The number of rotatable bonds is 8. The summed E-state index contributed by atoms with van der Waals surface area (Å²) in [6.07, 6.45) is 1.60. The first kappa shape index (κ1) is 18.9. The van der Waals surface area contributed by atoms with Crippen LogP contribution in [0, 0.1) is 0 Å². The number of piperazine rings is 1. The quantitative estimate of drug-likeness (QED) is 0.720. The van der Waals surface area contributed by atoms with Crippen LogP contribution in [0.5, 0.6) is 0 Å². The van der Waals surface area contributed by atoms with Crippen molar-refractivity contribution in [2.75, 3.05) is 39.3 Å². The summed E-state index contributed by atoms with van der Waals surface area (Å²) in [4.78, 5) is 14.6. The minimum atomic E-state index is 0.163. The molecule has 24 heavy (non-hydrogen) atoms. The molecular formula is C20H33N3O. The highest BCUT2D eigenvalue weighted by atomic mass is 16.1. The number of nitrogens with one attached hydrogen (secondary N) is 2. The maximum absolute atomic E-state index is 12.1. The van der Waals surface area contributed by atoms with Gasteiger partial charge < -0.3 is 15.5 Å². The van der Waals surface area contributed by atoms with Gasteiger partial charge in [-0.25, -0.2) is 0 Å². The van der Waals surface area contributed by atoms with E-state index in [0.29, 0.717) is 12.3 Å². The second kappa shape index (κ2) is 9.80. The van der Waals surface area contributed by atoms with Gasteiger partial charge in [0.05, 0.1) is 0 Å². The van der Waals surface area contributed by atoms with Gasteiger partial charge in [0, 0.05) is 39.1 Å². The van der Waals surface area contributed by atoms with Gasteiger partial charge in [-0.05, 0) is 35.9 Å². The molecule has 1 aromatic carbocycles. The van der Waals surface area contributed by atoms with Crippen LogP contribution < -0.4 is 10.6 Å². The van der Waals surface area contributed by atoms with Crippen LogP contribution in [0.25, 0.3) is 0 Å². The van der Waals surface area contributed by atoms with Crippen LogP contribution >= 0.6 is 0 Å². The van der Waals surface area contributed by atoms with E-state index in [4.69, 9.17) is 0 Å². The number of hydrogen-bond donors (Lipinski definition) is 2. The van der Waals surface area contributed by atoms with E-state index in [2.05, 4.69) is 60.6 Å². The molecule has 0 radical (unpaired) electrons. The lowest BCUT2D eigenvalue weighted by atomic mass is 9.94. The minimum Gasteiger partial charge on any atom is -0.356 e. The van der Waals surface area contributed by atoms with E-state index in [9.17, 15) is 4.79 Å². The molecule has 1 aliphatic rings. The molecule has 0 aromatic heterocycles. The van der Waals surface area contributed by atoms with Gasteiger partial charge in [0.15, 0.2) is 0 Å². The van der Waals surface area contributed by atoms with Crippen LogP contribution in [0.1, 0.15) is 56.6 Å². The van der Waals surface area contributed by atoms with Gasteiger partial charge >= 0.3 is 0 Å². The Kier molecular flexibility index (Phi) is 7.73. The fourth-order valence-corrected chi connectivity index (χ4v) is 3.14. The highest BCUT2D eigenvalue weighted by Crippen LogP contribution is 2.22. The van der Waals surface area contributed by atoms with Crippen molar-refractivity contribution in [3.8, 4) is 0 Å². The van der Waals surface area contributed by atoms with Crippen molar-refractivity contribution in [1.29, 1.82) is 0 Å². The number of carbonyl (C=O) groups is 1. The lowest BCUT2D eigenvalue weighted by Crippen LogP contribution is -2.44. The molecule has 1 heterocycles. The molecule has 1 saturated heterocycles. The average Bonchev–Trinajstić information content (AvgIpc) is 2.59. The molecule has 1 fully saturated rings. The van der Waals surface area contributed by atoms with Gasteiger partial charge in [-0.1, -0.05) is 45.0 Å². The molecule has 0 saturated carbocycles. The molecule has 1 unspecified atom stereocenters. The van der Waals surface area contributed by atoms with Crippen LogP contribution in [0.4, 0.5) is 0 Å². The Morgan fingerprint density at radius 2 is 1.75 bits per heavy atom. The van der Waals surface area contributed by atoms with Gasteiger partial charge in [0.2, 0.25) is 5.91 Å². The Bertz CT molecular complexity index is 492. The molecule has 1 aromatic rings. The lowest BCUT2D eigenvalue weighted by Gasteiger charge is -2.27. The highest BCUT2D eigenvalue weighted by molar-refractivity contribution is 5.76. The van der Waals surface area contributed by atoms with E-state index in [0.717, 1.165) is 45.7 Å². The fraction of sp³-hybridized carbons (Fsp3) is 0.650. The molecule has 1 amide bonds. The van der Waals surface area contributed by atoms with E-state index < -0.39 is 0 Å². The molecule has 2 N–H and O–H groups in total. The predicted molar refractivity (Wildman–Crippen MR) is 100 cm³/mol. The van der Waals surface area contributed by atoms with Crippen molar-refractivity contribution in [1.82, 2.24) is 15.5 Å². The van der Waals surface area contributed by atoms with E-state index >= 15 is 0 Å². The minimum absolute atomic E-state index is 0.163. The first-order chi connectivity index (χ1) is 11.6. The van der Waals surface area contributed by atoms with Crippen molar-refractivity contribution < 1.29 is 4.79 Å². The summed E-state index contributed by atoms with van der Waals surface area (Å²) >= 11 is 0. The van der Waals surface area contributed by atoms with Crippen molar-refractivity contribution in [3.63, 3.8) is 0 Å². The van der Waals surface area contributed by atoms with Gasteiger partial charge in [-0.3, -0.25) is 4.79 Å². The van der Waals surface area contributed by atoms with Gasteiger partial charge in [-0.15, -0.1) is 0 Å². The third-order valence-electron chi connectivity index (χ3n) is 4.85. The van der Waals surface area contributed by atoms with Crippen molar-refractivity contribution in [2.24, 2.45) is 0 Å². The van der Waals surface area contributed by atoms with Crippen LogP contribution in [-0.4, -0.2) is 50.1 Å². The zero-order valence-corrected chi connectivity index (χ0v) is 15.5. The standard InChI is InChI=1S/C20H33N3O/c1-16(2)18-5-7-19(8-6-18)17(3)15-20(24)22-9-4-12-23-13-10-21-11-14-23/h5-8,16-17,21H,4,9-15H2,1-3H3,(H,22,24). The largest absolute Gasteiger partial charge is 0.356 e. The van der Waals surface area contributed by atoms with Crippen molar-refractivity contribution >= 4 is 5.91 Å². The maximum atomic E-state index is 12.1. The SMILES string of the molecule is CC(C)c1ccc(C(C)CC(=O)NCCCN2CCNCC2)cc1. The topological polar surface area (TPSA) is 44.4 Å². The van der Waals surface area contributed by atoms with Crippen LogP contribution in [0.3, 0.4) is 0 Å². The fourth-order valence-electron chi connectivity index (χ4n) is 3.14. The monoisotopic (exact) mass is 331 g/mol. The summed E-state index contributed by atoms with van der Waals surface area (Å²) in [5.41, 5.74) is 2.60. The predicted octanol–water partition coefficient (Wildman–Crippen LogP) is 2.72. The van der Waals surface area contributed by atoms with Crippen LogP contribution in [0.15, 0.2) is 24.3 Å². The second-order valence-electron chi connectivity index (χ2n) is 7.22. The molecule has 134 valence electrons. The molecule has 0 spiro atoms. The molecule has 0 aliphatic carbocycles.